The third kappa shape index (κ3) is 5.18. The average Bonchev–Trinajstić information content (AvgIpc) is 2.80. The molecule has 0 radical (unpaired) electrons. The molecule has 162 valence electrons. The van der Waals surface area contributed by atoms with Crippen molar-refractivity contribution in [2.24, 2.45) is 0 Å². The molecule has 0 bridgehead atoms. The summed E-state index contributed by atoms with van der Waals surface area (Å²) >= 11 is 0. The first-order valence-corrected chi connectivity index (χ1v) is 10.5. The molecule has 1 N–H and O–H groups in total. The molecule has 0 spiro atoms. The highest BCUT2D eigenvalue weighted by Gasteiger charge is 2.24. The van der Waals surface area contributed by atoms with Crippen molar-refractivity contribution in [3.05, 3.63) is 76.1 Å². The van der Waals surface area contributed by atoms with Crippen LogP contribution in [0.2, 0.25) is 0 Å². The predicted molar refractivity (Wildman–Crippen MR) is 119 cm³/mol. The van der Waals surface area contributed by atoms with Gasteiger partial charge < -0.3 is 14.5 Å². The Morgan fingerprint density at radius 3 is 2.77 bits per heavy atom. The topological polar surface area (TPSA) is 80.3 Å². The van der Waals surface area contributed by atoms with Crippen molar-refractivity contribution in [3.8, 4) is 17.0 Å². The van der Waals surface area contributed by atoms with E-state index in [0.717, 1.165) is 60.7 Å². The predicted octanol–water partition coefficient (Wildman–Crippen LogP) is 3.37. The van der Waals surface area contributed by atoms with Crippen LogP contribution < -0.4 is 10.3 Å². The molecule has 1 fully saturated rings. The van der Waals surface area contributed by atoms with Crippen LogP contribution >= 0.6 is 0 Å². The number of methoxy groups -OCH3 is 2. The fourth-order valence-electron chi connectivity index (χ4n) is 4.22. The van der Waals surface area contributed by atoms with Crippen LogP contribution in [0.3, 0.4) is 0 Å². The molecule has 3 heterocycles. The summed E-state index contributed by atoms with van der Waals surface area (Å²) in [7, 11) is 3.40. The van der Waals surface area contributed by atoms with E-state index in [2.05, 4.69) is 20.9 Å². The van der Waals surface area contributed by atoms with Crippen molar-refractivity contribution < 1.29 is 9.47 Å². The van der Waals surface area contributed by atoms with Gasteiger partial charge in [0, 0.05) is 55.7 Å². The number of hydrogen-bond acceptors (Lipinski definition) is 6. The number of nitrogens with zero attached hydrogens (tertiary/aromatic N) is 3. The number of piperidine rings is 1. The second kappa shape index (κ2) is 9.85. The van der Waals surface area contributed by atoms with E-state index in [1.54, 1.807) is 32.7 Å². The number of likely N-dealkylation sites (tertiary alicyclic amines) is 1. The van der Waals surface area contributed by atoms with E-state index >= 15 is 0 Å². The quantitative estimate of drug-likeness (QED) is 0.631. The maximum Gasteiger partial charge on any atom is 0.251 e. The van der Waals surface area contributed by atoms with E-state index < -0.39 is 0 Å². The molecule has 7 nitrogen and oxygen atoms in total. The van der Waals surface area contributed by atoms with Gasteiger partial charge in [0.15, 0.2) is 0 Å². The Kier molecular flexibility index (Phi) is 6.74. The third-order valence-electron chi connectivity index (χ3n) is 5.68. The highest BCUT2D eigenvalue weighted by Crippen LogP contribution is 2.29. The first kappa shape index (κ1) is 21.2. The molecule has 1 unspecified atom stereocenters. The first-order valence-electron chi connectivity index (χ1n) is 10.5. The summed E-state index contributed by atoms with van der Waals surface area (Å²) in [5.74, 6) is 1.81. The Bertz CT molecular complexity index is 1070. The van der Waals surface area contributed by atoms with Gasteiger partial charge in [-0.25, -0.2) is 4.98 Å². The molecule has 1 saturated heterocycles. The molecule has 3 aromatic rings. The van der Waals surface area contributed by atoms with Gasteiger partial charge >= 0.3 is 0 Å². The normalized spacial score (nSPS) is 16.9. The van der Waals surface area contributed by atoms with E-state index in [9.17, 15) is 4.79 Å². The summed E-state index contributed by atoms with van der Waals surface area (Å²) in [6, 6.07) is 11.5. The van der Waals surface area contributed by atoms with Gasteiger partial charge in [0.1, 0.15) is 11.6 Å². The van der Waals surface area contributed by atoms with Crippen LogP contribution in [0.1, 0.15) is 35.7 Å². The van der Waals surface area contributed by atoms with Gasteiger partial charge in [-0.2, -0.15) is 0 Å². The summed E-state index contributed by atoms with van der Waals surface area (Å²) < 4.78 is 10.9. The molecule has 1 aliphatic heterocycles. The molecule has 0 aliphatic carbocycles. The van der Waals surface area contributed by atoms with Crippen LogP contribution in [-0.2, 0) is 17.9 Å². The van der Waals surface area contributed by atoms with Crippen molar-refractivity contribution >= 4 is 0 Å². The summed E-state index contributed by atoms with van der Waals surface area (Å²) in [5, 5.41) is 0. The molecule has 2 aromatic heterocycles. The first-order chi connectivity index (χ1) is 15.2. The Balaban J connectivity index is 1.54. The molecule has 0 saturated carbocycles. The van der Waals surface area contributed by atoms with E-state index in [1.807, 2.05) is 24.3 Å². The average molecular weight is 421 g/mol. The van der Waals surface area contributed by atoms with Crippen LogP contribution in [-0.4, -0.2) is 47.2 Å². The molecule has 1 aromatic carbocycles. The standard InChI is InChI=1S/C24H28N4O3/c1-30-16-17-5-6-22(31-2)20(12-17)15-28-11-3-4-19(14-28)24-26-21(13-23(29)27-24)18-7-9-25-10-8-18/h5-10,12-13,19H,3-4,11,14-16H2,1-2H3,(H,26,27,29). The van der Waals surface area contributed by atoms with Crippen molar-refractivity contribution in [2.75, 3.05) is 27.3 Å². The number of rotatable bonds is 7. The second-order valence-electron chi connectivity index (χ2n) is 7.91. The Labute approximate surface area is 182 Å². The SMILES string of the molecule is COCc1ccc(OC)c(CN2CCCC(c3nc(-c4ccncc4)cc(=O)[nH]3)C2)c1. The number of pyridine rings is 1. The lowest BCUT2D eigenvalue weighted by Gasteiger charge is -2.32. The van der Waals surface area contributed by atoms with Gasteiger partial charge in [0.05, 0.1) is 19.4 Å². The van der Waals surface area contributed by atoms with Crippen LogP contribution in [0.5, 0.6) is 5.75 Å². The zero-order chi connectivity index (χ0) is 21.6. The number of hydrogen-bond donors (Lipinski definition) is 1. The van der Waals surface area contributed by atoms with Gasteiger partial charge in [0.25, 0.3) is 5.56 Å². The zero-order valence-electron chi connectivity index (χ0n) is 18.0. The minimum absolute atomic E-state index is 0.122. The zero-order valence-corrected chi connectivity index (χ0v) is 18.0. The van der Waals surface area contributed by atoms with Crippen LogP contribution in [0, 0.1) is 0 Å². The Morgan fingerprint density at radius 1 is 1.16 bits per heavy atom. The number of aromatic amines is 1. The van der Waals surface area contributed by atoms with Crippen LogP contribution in [0.4, 0.5) is 0 Å². The lowest BCUT2D eigenvalue weighted by Crippen LogP contribution is -2.35. The molecule has 4 rings (SSSR count). The maximum atomic E-state index is 12.3. The van der Waals surface area contributed by atoms with E-state index in [1.165, 1.54) is 0 Å². The van der Waals surface area contributed by atoms with E-state index in [-0.39, 0.29) is 11.5 Å². The fraction of sp³-hybridized carbons (Fsp3) is 0.375. The smallest absolute Gasteiger partial charge is 0.251 e. The molecule has 1 aliphatic rings. The summed E-state index contributed by atoms with van der Waals surface area (Å²) in [5.41, 5.74) is 3.73. The molecular weight excluding hydrogens is 392 g/mol. The molecule has 31 heavy (non-hydrogen) atoms. The molecule has 7 heteroatoms. The van der Waals surface area contributed by atoms with Gasteiger partial charge in [-0.05, 0) is 49.2 Å². The molecule has 0 amide bonds. The minimum atomic E-state index is -0.122. The number of benzene rings is 1. The molecular formula is C24H28N4O3. The van der Waals surface area contributed by atoms with Crippen molar-refractivity contribution in [1.29, 1.82) is 0 Å². The van der Waals surface area contributed by atoms with Crippen LogP contribution in [0.15, 0.2) is 53.6 Å². The number of ether oxygens (including phenoxy) is 2. The van der Waals surface area contributed by atoms with Gasteiger partial charge in [-0.15, -0.1) is 0 Å². The lowest BCUT2D eigenvalue weighted by molar-refractivity contribution is 0.183. The Morgan fingerprint density at radius 2 is 2.00 bits per heavy atom. The summed E-state index contributed by atoms with van der Waals surface area (Å²) in [6.45, 7) is 3.20. The summed E-state index contributed by atoms with van der Waals surface area (Å²) in [4.78, 5) is 26.5. The fourth-order valence-corrected chi connectivity index (χ4v) is 4.22. The number of nitrogens with one attached hydrogen (secondary N) is 1. The van der Waals surface area contributed by atoms with Gasteiger partial charge in [0.2, 0.25) is 0 Å². The third-order valence-corrected chi connectivity index (χ3v) is 5.68. The lowest BCUT2D eigenvalue weighted by atomic mass is 9.96. The van der Waals surface area contributed by atoms with Crippen molar-refractivity contribution in [2.45, 2.75) is 31.9 Å². The van der Waals surface area contributed by atoms with E-state index in [0.29, 0.717) is 12.3 Å². The number of H-pyrrole nitrogens is 1. The minimum Gasteiger partial charge on any atom is -0.496 e. The number of aromatic nitrogens is 3. The van der Waals surface area contributed by atoms with Gasteiger partial charge in [-0.3, -0.25) is 14.7 Å². The summed E-state index contributed by atoms with van der Waals surface area (Å²) in [6.07, 6.45) is 5.48. The second-order valence-corrected chi connectivity index (χ2v) is 7.91. The highest BCUT2D eigenvalue weighted by atomic mass is 16.5. The van der Waals surface area contributed by atoms with E-state index in [4.69, 9.17) is 14.5 Å². The largest absolute Gasteiger partial charge is 0.496 e. The highest BCUT2D eigenvalue weighted by molar-refractivity contribution is 5.57. The van der Waals surface area contributed by atoms with Crippen molar-refractivity contribution in [3.63, 3.8) is 0 Å². The maximum absolute atomic E-state index is 12.3. The Hall–Kier alpha value is -3.03. The van der Waals surface area contributed by atoms with Crippen molar-refractivity contribution in [1.82, 2.24) is 19.9 Å². The monoisotopic (exact) mass is 420 g/mol. The van der Waals surface area contributed by atoms with Crippen LogP contribution in [0.25, 0.3) is 11.3 Å². The molecule has 1 atom stereocenters. The van der Waals surface area contributed by atoms with Gasteiger partial charge in [-0.1, -0.05) is 6.07 Å².